The molecule has 1 heterocycles. The van der Waals surface area contributed by atoms with Crippen molar-refractivity contribution in [2.75, 3.05) is 20.3 Å². The summed E-state index contributed by atoms with van der Waals surface area (Å²) in [6.07, 6.45) is 0. The molecule has 0 spiro atoms. The van der Waals surface area contributed by atoms with E-state index in [-0.39, 0.29) is 0 Å². The number of hydrogen-bond acceptors (Lipinski definition) is 2. The first-order chi connectivity index (χ1) is 5.86. The second-order valence-electron chi connectivity index (χ2n) is 3.36. The minimum absolute atomic E-state index is 0.524. The topological polar surface area (TPSA) is 15.3 Å². The van der Waals surface area contributed by atoms with Gasteiger partial charge in [0.2, 0.25) is 0 Å². The van der Waals surface area contributed by atoms with E-state index in [4.69, 9.17) is 0 Å². The van der Waals surface area contributed by atoms with Gasteiger partial charge in [0, 0.05) is 19.3 Å². The molecule has 0 aliphatic carbocycles. The zero-order valence-corrected chi connectivity index (χ0v) is 7.33. The largest absolute Gasteiger partial charge is 0.296 e. The average Bonchev–Trinajstić information content (AvgIpc) is 2.54. The van der Waals surface area contributed by atoms with E-state index in [1.54, 1.807) is 0 Å². The smallest absolute Gasteiger partial charge is 0.0483 e. The summed E-state index contributed by atoms with van der Waals surface area (Å²) in [5.41, 5.74) is 1.39. The van der Waals surface area contributed by atoms with Crippen LogP contribution in [0.4, 0.5) is 0 Å². The fraction of sp³-hybridized carbons (Fsp3) is 0.400. The van der Waals surface area contributed by atoms with Gasteiger partial charge in [0.25, 0.3) is 0 Å². The van der Waals surface area contributed by atoms with E-state index in [0.717, 1.165) is 13.2 Å². The monoisotopic (exact) mass is 162 g/mol. The second kappa shape index (κ2) is 3.25. The molecule has 0 aromatic heterocycles. The molecule has 1 aromatic carbocycles. The Labute approximate surface area is 73.2 Å². The van der Waals surface area contributed by atoms with Gasteiger partial charge in [0.15, 0.2) is 0 Å². The van der Waals surface area contributed by atoms with E-state index in [9.17, 15) is 0 Å². The zero-order valence-electron chi connectivity index (χ0n) is 7.33. The lowest BCUT2D eigenvalue weighted by Crippen LogP contribution is -2.15. The summed E-state index contributed by atoms with van der Waals surface area (Å²) >= 11 is 0. The van der Waals surface area contributed by atoms with Crippen molar-refractivity contribution in [3.8, 4) is 0 Å². The fourth-order valence-electron chi connectivity index (χ4n) is 1.62. The van der Waals surface area contributed by atoms with Crippen molar-refractivity contribution in [3.05, 3.63) is 35.9 Å². The van der Waals surface area contributed by atoms with Crippen LogP contribution in [0.3, 0.4) is 0 Å². The Morgan fingerprint density at radius 3 is 2.67 bits per heavy atom. The van der Waals surface area contributed by atoms with Crippen molar-refractivity contribution < 1.29 is 0 Å². The third-order valence-corrected chi connectivity index (χ3v) is 2.30. The second-order valence-corrected chi connectivity index (χ2v) is 3.36. The van der Waals surface area contributed by atoms with Crippen LogP contribution in [0.5, 0.6) is 0 Å². The number of likely N-dealkylation sites (N-methyl/N-ethyl adjacent to an activating group) is 1. The molecule has 2 rings (SSSR count). The van der Waals surface area contributed by atoms with E-state index < -0.39 is 0 Å². The molecule has 1 saturated heterocycles. The summed E-state index contributed by atoms with van der Waals surface area (Å²) in [7, 11) is 2.13. The Bertz CT molecular complexity index is 245. The van der Waals surface area contributed by atoms with E-state index in [0.29, 0.717) is 6.04 Å². The predicted molar refractivity (Wildman–Crippen MR) is 49.8 cm³/mol. The minimum atomic E-state index is 0.524. The van der Waals surface area contributed by atoms with Gasteiger partial charge in [-0.1, -0.05) is 30.3 Å². The van der Waals surface area contributed by atoms with Crippen LogP contribution < -0.4 is 5.32 Å². The fourth-order valence-corrected chi connectivity index (χ4v) is 1.62. The lowest BCUT2D eigenvalue weighted by molar-refractivity contribution is 0.407. The Hall–Kier alpha value is -0.860. The van der Waals surface area contributed by atoms with Crippen molar-refractivity contribution in [2.24, 2.45) is 0 Å². The van der Waals surface area contributed by atoms with Crippen molar-refractivity contribution in [3.63, 3.8) is 0 Å². The number of benzene rings is 1. The van der Waals surface area contributed by atoms with Crippen LogP contribution in [0.2, 0.25) is 0 Å². The molecule has 12 heavy (non-hydrogen) atoms. The van der Waals surface area contributed by atoms with Crippen LogP contribution in [0.25, 0.3) is 0 Å². The maximum atomic E-state index is 3.45. The normalized spacial score (nSPS) is 24.6. The van der Waals surface area contributed by atoms with Crippen LogP contribution in [-0.2, 0) is 0 Å². The molecule has 1 aliphatic rings. The van der Waals surface area contributed by atoms with Crippen LogP contribution >= 0.6 is 0 Å². The molecule has 1 unspecified atom stereocenters. The first-order valence-electron chi connectivity index (χ1n) is 4.33. The molecule has 1 atom stereocenters. The van der Waals surface area contributed by atoms with Gasteiger partial charge in [0.1, 0.15) is 0 Å². The highest BCUT2D eigenvalue weighted by molar-refractivity contribution is 5.19. The average molecular weight is 162 g/mol. The summed E-state index contributed by atoms with van der Waals surface area (Å²) in [5.74, 6) is 0. The molecule has 0 radical (unpaired) electrons. The van der Waals surface area contributed by atoms with Gasteiger partial charge in [-0.15, -0.1) is 0 Å². The van der Waals surface area contributed by atoms with Gasteiger partial charge in [-0.3, -0.25) is 10.2 Å². The summed E-state index contributed by atoms with van der Waals surface area (Å²) in [4.78, 5) is 2.29. The van der Waals surface area contributed by atoms with Crippen molar-refractivity contribution in [1.82, 2.24) is 10.2 Å². The third kappa shape index (κ3) is 1.49. The first kappa shape index (κ1) is 7.77. The molecular weight excluding hydrogens is 148 g/mol. The number of nitrogens with one attached hydrogen (secondary N) is 1. The lowest BCUT2D eigenvalue weighted by atomic mass is 10.1. The molecule has 0 bridgehead atoms. The molecule has 1 N–H and O–H groups in total. The maximum absolute atomic E-state index is 3.45. The molecule has 2 nitrogen and oxygen atoms in total. The number of hydrogen-bond donors (Lipinski definition) is 1. The summed E-state index contributed by atoms with van der Waals surface area (Å²) in [6.45, 7) is 2.11. The first-order valence-corrected chi connectivity index (χ1v) is 4.33. The highest BCUT2D eigenvalue weighted by atomic mass is 15.3. The third-order valence-electron chi connectivity index (χ3n) is 2.30. The molecule has 2 heteroatoms. The molecule has 0 amide bonds. The highest BCUT2D eigenvalue weighted by Gasteiger charge is 2.19. The Morgan fingerprint density at radius 2 is 2.08 bits per heavy atom. The van der Waals surface area contributed by atoms with Crippen LogP contribution in [0, 0.1) is 0 Å². The standard InChI is InChI=1S/C10H14N2/c1-12-7-10(11-8-12)9-5-3-2-4-6-9/h2-6,10-11H,7-8H2,1H3. The van der Waals surface area contributed by atoms with Gasteiger partial charge in [-0.25, -0.2) is 0 Å². The van der Waals surface area contributed by atoms with Gasteiger partial charge < -0.3 is 0 Å². The van der Waals surface area contributed by atoms with Crippen molar-refractivity contribution in [2.45, 2.75) is 6.04 Å². The van der Waals surface area contributed by atoms with Crippen LogP contribution in [-0.4, -0.2) is 25.2 Å². The Balaban J connectivity index is 2.11. The van der Waals surface area contributed by atoms with Crippen molar-refractivity contribution in [1.29, 1.82) is 0 Å². The molecular formula is C10H14N2. The molecule has 1 fully saturated rings. The number of nitrogens with zero attached hydrogens (tertiary/aromatic N) is 1. The van der Waals surface area contributed by atoms with E-state index >= 15 is 0 Å². The van der Waals surface area contributed by atoms with Crippen LogP contribution in [0.1, 0.15) is 11.6 Å². The van der Waals surface area contributed by atoms with E-state index in [1.807, 2.05) is 0 Å². The van der Waals surface area contributed by atoms with Gasteiger partial charge >= 0.3 is 0 Å². The summed E-state index contributed by atoms with van der Waals surface area (Å²) in [5, 5.41) is 3.45. The Morgan fingerprint density at radius 1 is 1.33 bits per heavy atom. The zero-order chi connectivity index (χ0) is 8.39. The quantitative estimate of drug-likeness (QED) is 0.668. The number of rotatable bonds is 1. The van der Waals surface area contributed by atoms with E-state index in [2.05, 4.69) is 47.6 Å². The Kier molecular flexibility index (Phi) is 2.11. The lowest BCUT2D eigenvalue weighted by Gasteiger charge is -2.09. The summed E-state index contributed by atoms with van der Waals surface area (Å²) < 4.78 is 0. The van der Waals surface area contributed by atoms with E-state index in [1.165, 1.54) is 5.56 Å². The molecule has 1 aromatic rings. The van der Waals surface area contributed by atoms with Crippen LogP contribution in [0.15, 0.2) is 30.3 Å². The summed E-state index contributed by atoms with van der Waals surface area (Å²) in [6, 6.07) is 11.1. The van der Waals surface area contributed by atoms with Crippen molar-refractivity contribution >= 4 is 0 Å². The molecule has 0 saturated carbocycles. The van der Waals surface area contributed by atoms with Gasteiger partial charge in [-0.2, -0.15) is 0 Å². The van der Waals surface area contributed by atoms with Gasteiger partial charge in [0.05, 0.1) is 0 Å². The molecule has 64 valence electrons. The maximum Gasteiger partial charge on any atom is 0.0483 e. The minimum Gasteiger partial charge on any atom is -0.296 e. The highest BCUT2D eigenvalue weighted by Crippen LogP contribution is 2.16. The molecule has 1 aliphatic heterocycles. The SMILES string of the molecule is CN1CNC(c2ccccc2)C1. The van der Waals surface area contributed by atoms with Gasteiger partial charge in [-0.05, 0) is 12.6 Å². The predicted octanol–water partition coefficient (Wildman–Crippen LogP) is 1.22.